The average molecular weight is 981 g/mol. The van der Waals surface area contributed by atoms with Gasteiger partial charge in [0.05, 0.1) is 0 Å². The molecule has 3 aromatic rings. The molecule has 0 atom stereocenters. The van der Waals surface area contributed by atoms with Crippen LogP contribution in [0.2, 0.25) is 0 Å². The largest absolute Gasteiger partial charge is 0.398 e. The molecule has 0 heterocycles. The average Bonchev–Trinajstić information content (AvgIpc) is 3.36. The van der Waals surface area contributed by atoms with Crippen LogP contribution in [-0.4, -0.2) is 0 Å². The molecule has 0 bridgehead atoms. The summed E-state index contributed by atoms with van der Waals surface area (Å²) < 4.78 is 0. The Morgan fingerprint density at radius 1 is 0.243 bits per heavy atom. The molecule has 0 saturated heterocycles. The lowest BCUT2D eigenvalue weighted by Crippen LogP contribution is -2.29. The lowest BCUT2D eigenvalue weighted by molar-refractivity contribution is 0.599. The molecule has 70 heavy (non-hydrogen) atoms. The van der Waals surface area contributed by atoms with Crippen molar-refractivity contribution in [3.8, 4) is 0 Å². The summed E-state index contributed by atoms with van der Waals surface area (Å²) in [4.78, 5) is 0. The van der Waals surface area contributed by atoms with E-state index in [0.717, 1.165) is 55.6 Å². The molecule has 0 fully saturated rings. The monoisotopic (exact) mass is 980 g/mol. The fourth-order valence-corrected chi connectivity index (χ4v) is 13.8. The van der Waals surface area contributed by atoms with Crippen LogP contribution in [0, 0.1) is 0 Å². The minimum atomic E-state index is -1.12. The van der Waals surface area contributed by atoms with Gasteiger partial charge in [-0.3, -0.25) is 0 Å². The van der Waals surface area contributed by atoms with Gasteiger partial charge in [0.1, 0.15) is 0 Å². The van der Waals surface area contributed by atoms with Crippen LogP contribution in [0.3, 0.4) is 0 Å². The molecular weight excluding hydrogens is 866 g/mol. The third-order valence-electron chi connectivity index (χ3n) is 15.8. The maximum Gasteiger partial charge on any atom is 0.0434 e. The normalized spacial score (nSPS) is 11.7. The molecule has 0 aliphatic carbocycles. The van der Waals surface area contributed by atoms with Gasteiger partial charge >= 0.3 is 0 Å². The number of unbranched alkanes of at least 4 members (excludes halogenated alkanes) is 30. The second kappa shape index (κ2) is 39.9. The molecule has 6 N–H and O–H groups in total. The number of benzene rings is 3. The van der Waals surface area contributed by atoms with Crippen molar-refractivity contribution in [1.29, 1.82) is 0 Å². The van der Waals surface area contributed by atoms with Gasteiger partial charge in [-0.1, -0.05) is 271 Å². The highest BCUT2D eigenvalue weighted by molar-refractivity contribution is 7.80. The zero-order valence-corrected chi connectivity index (χ0v) is 48.2. The van der Waals surface area contributed by atoms with Crippen LogP contribution in [0.4, 0.5) is 17.1 Å². The highest BCUT2D eigenvalue weighted by Crippen LogP contribution is 2.43. The van der Waals surface area contributed by atoms with E-state index in [4.69, 9.17) is 17.2 Å². The fourth-order valence-electron chi connectivity index (χ4n) is 11.2. The standard InChI is InChI=1S/C66H114N3P/c1-7-13-19-25-31-37-43-55-49-52-61(64(67)58(55)46-40-34-28-22-16-10-4)70(62-53-50-56(44-38-32-26-20-14-8-2)59(65(62)68)47-41-35-29-23-17-11-5)63-54-51-57(45-39-33-27-21-15-9-3)60(66(63)69)48-42-36-30-24-18-12-6/h49-54H,7-48,67-69H2,1-6H3. The van der Waals surface area contributed by atoms with E-state index in [-0.39, 0.29) is 0 Å². The van der Waals surface area contributed by atoms with Crippen LogP contribution in [-0.2, 0) is 38.5 Å². The number of hydrogen-bond donors (Lipinski definition) is 3. The summed E-state index contributed by atoms with van der Waals surface area (Å²) >= 11 is 0. The first-order chi connectivity index (χ1) is 34.4. The second-order valence-corrected chi connectivity index (χ2v) is 24.0. The van der Waals surface area contributed by atoms with Crippen molar-refractivity contribution in [2.24, 2.45) is 0 Å². The van der Waals surface area contributed by atoms with E-state index >= 15 is 0 Å². The van der Waals surface area contributed by atoms with Gasteiger partial charge in [-0.05, 0) is 118 Å². The molecule has 0 saturated carbocycles. The number of anilines is 3. The molecule has 4 heteroatoms. The molecular formula is C66H114N3P. The smallest absolute Gasteiger partial charge is 0.0434 e. The lowest BCUT2D eigenvalue weighted by atomic mass is 9.94. The van der Waals surface area contributed by atoms with Crippen molar-refractivity contribution in [3.63, 3.8) is 0 Å². The summed E-state index contributed by atoms with van der Waals surface area (Å²) in [6, 6.07) is 14.9. The van der Waals surface area contributed by atoms with E-state index in [9.17, 15) is 0 Å². The Morgan fingerprint density at radius 2 is 0.429 bits per heavy atom. The van der Waals surface area contributed by atoms with Crippen LogP contribution >= 0.6 is 7.92 Å². The van der Waals surface area contributed by atoms with E-state index in [1.54, 1.807) is 0 Å². The van der Waals surface area contributed by atoms with Crippen molar-refractivity contribution in [1.82, 2.24) is 0 Å². The molecule has 0 radical (unpaired) electrons. The summed E-state index contributed by atoms with van der Waals surface area (Å²) in [6.07, 6.45) is 53.5. The van der Waals surface area contributed by atoms with E-state index < -0.39 is 7.92 Å². The predicted molar refractivity (Wildman–Crippen MR) is 321 cm³/mol. The number of rotatable bonds is 45. The molecule has 3 rings (SSSR count). The van der Waals surface area contributed by atoms with Gasteiger partial charge in [-0.15, -0.1) is 0 Å². The molecule has 0 aliphatic rings. The Hall–Kier alpha value is -2.51. The molecule has 0 aromatic heterocycles. The minimum absolute atomic E-state index is 1.03. The van der Waals surface area contributed by atoms with Crippen molar-refractivity contribution in [3.05, 3.63) is 69.8 Å². The van der Waals surface area contributed by atoms with Gasteiger partial charge in [0.15, 0.2) is 0 Å². The second-order valence-electron chi connectivity index (χ2n) is 21.9. The van der Waals surface area contributed by atoms with Crippen LogP contribution in [0.15, 0.2) is 36.4 Å². The Bertz CT molecular complexity index is 1560. The van der Waals surface area contributed by atoms with Crippen molar-refractivity contribution in [2.75, 3.05) is 17.2 Å². The first-order valence-corrected chi connectivity index (χ1v) is 32.2. The summed E-state index contributed by atoms with van der Waals surface area (Å²) in [5, 5.41) is 3.85. The summed E-state index contributed by atoms with van der Waals surface area (Å²) in [5.74, 6) is 0. The predicted octanol–water partition coefficient (Wildman–Crippen LogP) is 19.6. The van der Waals surface area contributed by atoms with Crippen LogP contribution < -0.4 is 33.1 Å². The first-order valence-electron chi connectivity index (χ1n) is 30.9. The van der Waals surface area contributed by atoms with E-state index in [2.05, 4.69) is 77.9 Å². The maximum absolute atomic E-state index is 7.77. The summed E-state index contributed by atoms with van der Waals surface area (Å²) in [5.41, 5.74) is 35.1. The van der Waals surface area contributed by atoms with Crippen molar-refractivity contribution >= 4 is 40.9 Å². The lowest BCUT2D eigenvalue weighted by Gasteiger charge is -2.29. The van der Waals surface area contributed by atoms with Crippen molar-refractivity contribution in [2.45, 2.75) is 311 Å². The number of nitrogen functional groups attached to an aromatic ring is 3. The van der Waals surface area contributed by atoms with E-state index in [0.29, 0.717) is 0 Å². The zero-order chi connectivity index (χ0) is 50.4. The zero-order valence-electron chi connectivity index (χ0n) is 47.3. The SMILES string of the molecule is CCCCCCCCc1ccc(P(c2ccc(CCCCCCCC)c(CCCCCCCC)c2N)c2ccc(CCCCCCCC)c(CCCCCCCC)c2N)c(N)c1CCCCCCCC. The van der Waals surface area contributed by atoms with Gasteiger partial charge in [0.25, 0.3) is 0 Å². The number of nitrogens with two attached hydrogens (primary N) is 3. The molecule has 0 aliphatic heterocycles. The van der Waals surface area contributed by atoms with Gasteiger partial charge < -0.3 is 17.2 Å². The maximum atomic E-state index is 7.77. The van der Waals surface area contributed by atoms with Crippen LogP contribution in [0.25, 0.3) is 0 Å². The minimum Gasteiger partial charge on any atom is -0.398 e. The topological polar surface area (TPSA) is 78.1 Å². The van der Waals surface area contributed by atoms with Crippen LogP contribution in [0.5, 0.6) is 0 Å². The number of hydrogen-bond acceptors (Lipinski definition) is 3. The summed E-state index contributed by atoms with van der Waals surface area (Å²) in [6.45, 7) is 13.9. The van der Waals surface area contributed by atoms with Gasteiger partial charge in [0.2, 0.25) is 0 Å². The molecule has 3 aromatic carbocycles. The Balaban J connectivity index is 2.26. The third kappa shape index (κ3) is 23.1. The van der Waals surface area contributed by atoms with Gasteiger partial charge in [-0.2, -0.15) is 0 Å². The van der Waals surface area contributed by atoms with Gasteiger partial charge in [0, 0.05) is 33.0 Å². The molecule has 0 spiro atoms. The first kappa shape index (κ1) is 61.8. The molecule has 398 valence electrons. The van der Waals surface area contributed by atoms with E-state index in [1.807, 2.05) is 0 Å². The molecule has 0 amide bonds. The Morgan fingerprint density at radius 3 is 0.643 bits per heavy atom. The van der Waals surface area contributed by atoms with Crippen molar-refractivity contribution < 1.29 is 0 Å². The molecule has 3 nitrogen and oxygen atoms in total. The Kier molecular flexibility index (Phi) is 35.3. The quantitative estimate of drug-likeness (QED) is 0.0300. The summed E-state index contributed by atoms with van der Waals surface area (Å²) in [7, 11) is -1.12. The highest BCUT2D eigenvalue weighted by atomic mass is 31.1. The fraction of sp³-hybridized carbons (Fsp3) is 0.727. The van der Waals surface area contributed by atoms with Gasteiger partial charge in [-0.25, -0.2) is 0 Å². The van der Waals surface area contributed by atoms with Crippen LogP contribution in [0.1, 0.15) is 306 Å². The third-order valence-corrected chi connectivity index (χ3v) is 18.4. The highest BCUT2D eigenvalue weighted by Gasteiger charge is 2.28. The molecule has 0 unspecified atom stereocenters. The Labute approximate surface area is 437 Å². The number of aryl methyl sites for hydroxylation is 3. The van der Waals surface area contributed by atoms with E-state index in [1.165, 1.54) is 280 Å².